The van der Waals surface area contributed by atoms with Crippen molar-refractivity contribution in [2.75, 3.05) is 6.61 Å². The molecule has 0 radical (unpaired) electrons. The van der Waals surface area contributed by atoms with Gasteiger partial charge >= 0.3 is 5.97 Å². The first kappa shape index (κ1) is 13.5. The topological polar surface area (TPSA) is 26.3 Å². The summed E-state index contributed by atoms with van der Waals surface area (Å²) in [4.78, 5) is 11.2. The largest absolute Gasteiger partial charge is 0.466 e. The molecule has 0 N–H and O–H groups in total. The molecule has 0 aliphatic rings. The van der Waals surface area contributed by atoms with Crippen molar-refractivity contribution in [3.8, 4) is 0 Å². The summed E-state index contributed by atoms with van der Waals surface area (Å²) in [6.07, 6.45) is 0.950. The molecule has 1 rings (SSSR count). The first-order valence-corrected chi connectivity index (χ1v) is 6.41. The van der Waals surface area contributed by atoms with E-state index in [0.29, 0.717) is 19.4 Å². The maximum Gasteiger partial charge on any atom is 0.305 e. The summed E-state index contributed by atoms with van der Waals surface area (Å²) in [5.74, 6) is -0.192. The minimum Gasteiger partial charge on any atom is -0.466 e. The van der Waals surface area contributed by atoms with E-state index in [0.717, 1.165) is 10.0 Å². The number of esters is 1. The highest BCUT2D eigenvalue weighted by Gasteiger charge is 2.11. The summed E-state index contributed by atoms with van der Waals surface area (Å²) in [6.45, 7) is 2.22. The Morgan fingerprint density at radius 3 is 2.94 bits per heavy atom. The predicted octanol–water partition coefficient (Wildman–Crippen LogP) is 4.07. The van der Waals surface area contributed by atoms with Crippen LogP contribution >= 0.6 is 27.5 Å². The van der Waals surface area contributed by atoms with Crippen LogP contribution < -0.4 is 0 Å². The van der Waals surface area contributed by atoms with Crippen LogP contribution in [0, 0.1) is 0 Å². The van der Waals surface area contributed by atoms with Gasteiger partial charge in [0.25, 0.3) is 0 Å². The van der Waals surface area contributed by atoms with E-state index in [1.165, 1.54) is 0 Å². The lowest BCUT2D eigenvalue weighted by atomic mass is 10.1. The molecule has 0 aliphatic carbocycles. The number of carbonyl (C=O) groups is 1. The third kappa shape index (κ3) is 4.54. The van der Waals surface area contributed by atoms with E-state index in [1.807, 2.05) is 24.3 Å². The Hall–Kier alpha value is -0.540. The zero-order valence-corrected chi connectivity index (χ0v) is 11.4. The van der Waals surface area contributed by atoms with E-state index in [9.17, 15) is 4.79 Å². The lowest BCUT2D eigenvalue weighted by Gasteiger charge is -2.09. The average molecular weight is 306 g/mol. The Bertz CT molecular complexity index is 355. The fraction of sp³-hybridized carbons (Fsp3) is 0.417. The van der Waals surface area contributed by atoms with Gasteiger partial charge in [-0.15, -0.1) is 11.6 Å². The summed E-state index contributed by atoms with van der Waals surface area (Å²) in [5, 5.41) is -0.151. The molecule has 0 fully saturated rings. The maximum absolute atomic E-state index is 11.2. The van der Waals surface area contributed by atoms with Crippen LogP contribution in [0.2, 0.25) is 0 Å². The number of hydrogen-bond donors (Lipinski definition) is 0. The predicted molar refractivity (Wildman–Crippen MR) is 68.6 cm³/mol. The molecule has 16 heavy (non-hydrogen) atoms. The summed E-state index contributed by atoms with van der Waals surface area (Å²) < 4.78 is 5.84. The SMILES string of the molecule is CCOC(=O)CCC(Cl)c1cccc(Br)c1. The number of halogens is 2. The molecule has 0 aromatic heterocycles. The van der Waals surface area contributed by atoms with Gasteiger partial charge in [0.05, 0.1) is 12.0 Å². The van der Waals surface area contributed by atoms with Gasteiger partial charge < -0.3 is 4.74 Å². The molecule has 0 aliphatic heterocycles. The van der Waals surface area contributed by atoms with Crippen LogP contribution in [0.25, 0.3) is 0 Å². The van der Waals surface area contributed by atoms with Crippen LogP contribution in [0.4, 0.5) is 0 Å². The van der Waals surface area contributed by atoms with Gasteiger partial charge in [0, 0.05) is 10.9 Å². The molecule has 0 amide bonds. The number of carbonyl (C=O) groups excluding carboxylic acids is 1. The van der Waals surface area contributed by atoms with Crippen molar-refractivity contribution in [2.45, 2.75) is 25.1 Å². The van der Waals surface area contributed by atoms with Crippen LogP contribution in [-0.4, -0.2) is 12.6 Å². The second-order valence-corrected chi connectivity index (χ2v) is 4.81. The minimum atomic E-state index is -0.192. The summed E-state index contributed by atoms with van der Waals surface area (Å²) in [5.41, 5.74) is 1.01. The van der Waals surface area contributed by atoms with E-state index < -0.39 is 0 Å². The summed E-state index contributed by atoms with van der Waals surface area (Å²) in [7, 11) is 0. The van der Waals surface area contributed by atoms with E-state index in [-0.39, 0.29) is 11.3 Å². The molecule has 2 nitrogen and oxygen atoms in total. The normalized spacial score (nSPS) is 12.2. The van der Waals surface area contributed by atoms with Crippen molar-refractivity contribution in [3.05, 3.63) is 34.3 Å². The fourth-order valence-electron chi connectivity index (χ4n) is 1.35. The Balaban J connectivity index is 2.46. The zero-order chi connectivity index (χ0) is 12.0. The van der Waals surface area contributed by atoms with Gasteiger partial charge in [-0.05, 0) is 31.0 Å². The Morgan fingerprint density at radius 2 is 2.31 bits per heavy atom. The molecule has 88 valence electrons. The molecule has 0 heterocycles. The van der Waals surface area contributed by atoms with E-state index in [4.69, 9.17) is 16.3 Å². The lowest BCUT2D eigenvalue weighted by Crippen LogP contribution is -2.05. The van der Waals surface area contributed by atoms with Crippen LogP contribution in [0.5, 0.6) is 0 Å². The first-order valence-electron chi connectivity index (χ1n) is 5.18. The molecule has 0 bridgehead atoms. The van der Waals surface area contributed by atoms with Crippen molar-refractivity contribution in [1.82, 2.24) is 0 Å². The molecule has 0 saturated heterocycles. The van der Waals surface area contributed by atoms with E-state index in [1.54, 1.807) is 6.92 Å². The maximum atomic E-state index is 11.2. The van der Waals surface area contributed by atoms with Crippen LogP contribution in [-0.2, 0) is 9.53 Å². The number of rotatable bonds is 5. The first-order chi connectivity index (χ1) is 7.63. The summed E-state index contributed by atoms with van der Waals surface area (Å²) >= 11 is 9.58. The minimum absolute atomic E-state index is 0.151. The fourth-order valence-corrected chi connectivity index (χ4v) is 2.01. The Kier molecular flexibility index (Phi) is 5.85. The molecule has 4 heteroatoms. The van der Waals surface area contributed by atoms with Crippen molar-refractivity contribution in [3.63, 3.8) is 0 Å². The highest BCUT2D eigenvalue weighted by molar-refractivity contribution is 9.10. The molecular formula is C12H14BrClO2. The molecule has 1 atom stereocenters. The van der Waals surface area contributed by atoms with Crippen molar-refractivity contribution in [2.24, 2.45) is 0 Å². The van der Waals surface area contributed by atoms with Crippen LogP contribution in [0.1, 0.15) is 30.7 Å². The Labute approximate surface area is 109 Å². The van der Waals surface area contributed by atoms with Gasteiger partial charge in [-0.1, -0.05) is 28.1 Å². The van der Waals surface area contributed by atoms with Crippen LogP contribution in [0.15, 0.2) is 28.7 Å². The number of hydrogen-bond acceptors (Lipinski definition) is 2. The van der Waals surface area contributed by atoms with E-state index >= 15 is 0 Å². The highest BCUT2D eigenvalue weighted by Crippen LogP contribution is 2.27. The molecule has 1 aromatic carbocycles. The number of ether oxygens (including phenoxy) is 1. The van der Waals surface area contributed by atoms with E-state index in [2.05, 4.69) is 15.9 Å². The van der Waals surface area contributed by atoms with Gasteiger partial charge in [0.1, 0.15) is 0 Å². The van der Waals surface area contributed by atoms with Crippen molar-refractivity contribution >= 4 is 33.5 Å². The number of benzene rings is 1. The van der Waals surface area contributed by atoms with Crippen molar-refractivity contribution < 1.29 is 9.53 Å². The molecule has 0 spiro atoms. The van der Waals surface area contributed by atoms with Crippen molar-refractivity contribution in [1.29, 1.82) is 0 Å². The standard InChI is InChI=1S/C12H14BrClO2/c1-2-16-12(15)7-6-11(14)9-4-3-5-10(13)8-9/h3-5,8,11H,2,6-7H2,1H3. The molecule has 1 aromatic rings. The van der Waals surface area contributed by atoms with Gasteiger partial charge in [-0.25, -0.2) is 0 Å². The molecule has 0 saturated carbocycles. The second-order valence-electron chi connectivity index (χ2n) is 3.37. The molecule has 1 unspecified atom stereocenters. The smallest absolute Gasteiger partial charge is 0.305 e. The average Bonchev–Trinajstić information content (AvgIpc) is 2.26. The number of alkyl halides is 1. The van der Waals surface area contributed by atoms with Gasteiger partial charge in [-0.2, -0.15) is 0 Å². The molecular weight excluding hydrogens is 291 g/mol. The van der Waals surface area contributed by atoms with Gasteiger partial charge in [0.15, 0.2) is 0 Å². The third-order valence-electron chi connectivity index (χ3n) is 2.12. The monoisotopic (exact) mass is 304 g/mol. The lowest BCUT2D eigenvalue weighted by molar-refractivity contribution is -0.143. The van der Waals surface area contributed by atoms with Crippen LogP contribution in [0.3, 0.4) is 0 Å². The van der Waals surface area contributed by atoms with Gasteiger partial charge in [0.2, 0.25) is 0 Å². The summed E-state index contributed by atoms with van der Waals surface area (Å²) in [6, 6.07) is 7.79. The quantitative estimate of drug-likeness (QED) is 0.605. The Morgan fingerprint density at radius 1 is 1.56 bits per heavy atom. The van der Waals surface area contributed by atoms with Gasteiger partial charge in [-0.3, -0.25) is 4.79 Å². The second kappa shape index (κ2) is 6.92. The highest BCUT2D eigenvalue weighted by atomic mass is 79.9. The zero-order valence-electron chi connectivity index (χ0n) is 9.08. The third-order valence-corrected chi connectivity index (χ3v) is 3.08.